The van der Waals surface area contributed by atoms with Gasteiger partial charge >= 0.3 is 0 Å². The van der Waals surface area contributed by atoms with Crippen LogP contribution >= 0.6 is 15.9 Å². The van der Waals surface area contributed by atoms with Crippen molar-refractivity contribution in [2.45, 2.75) is 51.2 Å². The van der Waals surface area contributed by atoms with Crippen molar-refractivity contribution in [3.63, 3.8) is 0 Å². The van der Waals surface area contributed by atoms with E-state index >= 15 is 0 Å². The molecule has 0 aromatic heterocycles. The number of hydrogen-bond donors (Lipinski definition) is 1. The molecule has 0 spiro atoms. The van der Waals surface area contributed by atoms with E-state index in [0.717, 1.165) is 14.3 Å². The summed E-state index contributed by atoms with van der Waals surface area (Å²) < 4.78 is 42.8. The third kappa shape index (κ3) is 7.41. The first-order chi connectivity index (χ1) is 17.9. The van der Waals surface area contributed by atoms with E-state index < -0.39 is 34.3 Å². The molecule has 1 N–H and O–H groups in total. The highest BCUT2D eigenvalue weighted by Gasteiger charge is 2.32. The standard InChI is InChI=1S/C28H31BrFN3O4S/c1-19(2)31-28(35)21(4)32(17-22-7-11-24(30)12-8-22)27(34)18-33(25-13-9-23(29)10-14-25)38(36,37)26-15-5-20(3)6-16-26/h5-16,19,21H,17-18H2,1-4H3,(H,31,35). The zero-order chi connectivity index (χ0) is 28.0. The van der Waals surface area contributed by atoms with Crippen molar-refractivity contribution < 1.29 is 22.4 Å². The minimum atomic E-state index is -4.14. The average Bonchev–Trinajstić information content (AvgIpc) is 2.87. The number of aryl methyl sites for hydroxylation is 1. The molecule has 0 saturated carbocycles. The lowest BCUT2D eigenvalue weighted by Crippen LogP contribution is -2.52. The lowest BCUT2D eigenvalue weighted by atomic mass is 10.1. The zero-order valence-corrected chi connectivity index (χ0v) is 24.1. The van der Waals surface area contributed by atoms with Crippen LogP contribution in [-0.4, -0.2) is 43.8 Å². The van der Waals surface area contributed by atoms with E-state index in [1.54, 1.807) is 57.2 Å². The number of anilines is 1. The minimum Gasteiger partial charge on any atom is -0.352 e. The molecule has 0 heterocycles. The quantitative estimate of drug-likeness (QED) is 0.352. The Balaban J connectivity index is 2.02. The van der Waals surface area contributed by atoms with Gasteiger partial charge in [0.05, 0.1) is 10.6 Å². The summed E-state index contributed by atoms with van der Waals surface area (Å²) in [7, 11) is -4.14. The maximum Gasteiger partial charge on any atom is 0.264 e. The van der Waals surface area contributed by atoms with Crippen LogP contribution in [0.1, 0.15) is 31.9 Å². The first-order valence-electron chi connectivity index (χ1n) is 12.1. The molecule has 1 unspecified atom stereocenters. The van der Waals surface area contributed by atoms with Crippen LogP contribution in [0.3, 0.4) is 0 Å². The van der Waals surface area contributed by atoms with E-state index in [0.29, 0.717) is 11.3 Å². The molecule has 0 aliphatic carbocycles. The van der Waals surface area contributed by atoms with Crippen LogP contribution < -0.4 is 9.62 Å². The van der Waals surface area contributed by atoms with Crippen molar-refractivity contribution >= 4 is 43.5 Å². The molecule has 0 fully saturated rings. The maximum atomic E-state index is 13.8. The van der Waals surface area contributed by atoms with Crippen molar-refractivity contribution in [2.75, 3.05) is 10.8 Å². The number of nitrogens with zero attached hydrogens (tertiary/aromatic N) is 2. The number of nitrogens with one attached hydrogen (secondary N) is 1. The molecule has 1 atom stereocenters. The average molecular weight is 605 g/mol. The molecule has 3 aromatic carbocycles. The highest BCUT2D eigenvalue weighted by Crippen LogP contribution is 2.26. The Hall–Kier alpha value is -3.24. The van der Waals surface area contributed by atoms with Gasteiger partial charge in [0.2, 0.25) is 11.8 Å². The summed E-state index contributed by atoms with van der Waals surface area (Å²) in [5.74, 6) is -1.39. The van der Waals surface area contributed by atoms with E-state index in [9.17, 15) is 22.4 Å². The number of rotatable bonds is 10. The lowest BCUT2D eigenvalue weighted by Gasteiger charge is -2.32. The maximum absolute atomic E-state index is 13.8. The third-order valence-corrected chi connectivity index (χ3v) is 8.18. The first-order valence-corrected chi connectivity index (χ1v) is 14.3. The summed E-state index contributed by atoms with van der Waals surface area (Å²) in [6.45, 7) is 6.49. The second-order valence-electron chi connectivity index (χ2n) is 9.29. The van der Waals surface area contributed by atoms with Crippen LogP contribution in [0.15, 0.2) is 82.2 Å². The van der Waals surface area contributed by atoms with Gasteiger partial charge in [0, 0.05) is 17.1 Å². The Labute approximate surface area is 231 Å². The smallest absolute Gasteiger partial charge is 0.264 e. The fourth-order valence-electron chi connectivity index (χ4n) is 3.75. The van der Waals surface area contributed by atoms with Gasteiger partial charge in [-0.1, -0.05) is 45.8 Å². The Bertz CT molecular complexity index is 1360. The van der Waals surface area contributed by atoms with Gasteiger partial charge in [0.1, 0.15) is 18.4 Å². The topological polar surface area (TPSA) is 86.8 Å². The largest absolute Gasteiger partial charge is 0.352 e. The molecule has 7 nitrogen and oxygen atoms in total. The molecule has 0 bridgehead atoms. The van der Waals surface area contributed by atoms with Gasteiger partial charge in [-0.15, -0.1) is 0 Å². The van der Waals surface area contributed by atoms with Crippen LogP contribution in [0.4, 0.5) is 10.1 Å². The molecule has 0 radical (unpaired) electrons. The van der Waals surface area contributed by atoms with Crippen molar-refractivity contribution in [3.05, 3.63) is 94.2 Å². The molecule has 0 aliphatic rings. The molecular weight excluding hydrogens is 573 g/mol. The van der Waals surface area contributed by atoms with Crippen LogP contribution in [0.25, 0.3) is 0 Å². The van der Waals surface area contributed by atoms with E-state index in [1.807, 2.05) is 6.92 Å². The molecule has 202 valence electrons. The predicted molar refractivity (Wildman–Crippen MR) is 150 cm³/mol. The van der Waals surface area contributed by atoms with Crippen molar-refractivity contribution in [1.29, 1.82) is 0 Å². The molecule has 3 rings (SSSR count). The van der Waals surface area contributed by atoms with Gasteiger partial charge in [-0.3, -0.25) is 13.9 Å². The van der Waals surface area contributed by atoms with Crippen LogP contribution in [-0.2, 0) is 26.2 Å². The number of carbonyl (C=O) groups excluding carboxylic acids is 2. The monoisotopic (exact) mass is 603 g/mol. The van der Waals surface area contributed by atoms with Gasteiger partial charge in [0.25, 0.3) is 10.0 Å². The fourth-order valence-corrected chi connectivity index (χ4v) is 5.43. The number of amides is 2. The molecule has 2 amide bonds. The summed E-state index contributed by atoms with van der Waals surface area (Å²) in [6.07, 6.45) is 0. The van der Waals surface area contributed by atoms with Gasteiger partial charge < -0.3 is 10.2 Å². The SMILES string of the molecule is Cc1ccc(S(=O)(=O)N(CC(=O)N(Cc2ccc(F)cc2)C(C)C(=O)NC(C)C)c2ccc(Br)cc2)cc1. The zero-order valence-electron chi connectivity index (χ0n) is 21.7. The first kappa shape index (κ1) is 29.3. The van der Waals surface area contributed by atoms with Gasteiger partial charge in [-0.05, 0) is 81.8 Å². The molecular formula is C28H31BrFN3O4S. The highest BCUT2D eigenvalue weighted by atomic mass is 79.9. The summed E-state index contributed by atoms with van der Waals surface area (Å²) in [5.41, 5.74) is 1.79. The normalized spacial score (nSPS) is 12.2. The van der Waals surface area contributed by atoms with Crippen LogP contribution in [0, 0.1) is 12.7 Å². The van der Waals surface area contributed by atoms with E-state index in [1.165, 1.54) is 41.3 Å². The fraction of sp³-hybridized carbons (Fsp3) is 0.286. The Morgan fingerprint density at radius 1 is 0.921 bits per heavy atom. The van der Waals surface area contributed by atoms with E-state index in [-0.39, 0.29) is 23.4 Å². The lowest BCUT2D eigenvalue weighted by molar-refractivity contribution is -0.139. The van der Waals surface area contributed by atoms with Crippen molar-refractivity contribution in [3.8, 4) is 0 Å². The number of carbonyl (C=O) groups is 2. The second kappa shape index (κ2) is 12.5. The second-order valence-corrected chi connectivity index (χ2v) is 12.1. The summed E-state index contributed by atoms with van der Waals surface area (Å²) >= 11 is 3.35. The van der Waals surface area contributed by atoms with E-state index in [2.05, 4.69) is 21.2 Å². The number of benzene rings is 3. The highest BCUT2D eigenvalue weighted by molar-refractivity contribution is 9.10. The number of hydrogen-bond acceptors (Lipinski definition) is 4. The Morgan fingerprint density at radius 2 is 1.50 bits per heavy atom. The number of halogens is 2. The minimum absolute atomic E-state index is 0.00937. The van der Waals surface area contributed by atoms with Crippen molar-refractivity contribution in [1.82, 2.24) is 10.2 Å². The predicted octanol–water partition coefficient (Wildman–Crippen LogP) is 5.03. The summed E-state index contributed by atoms with van der Waals surface area (Å²) in [5, 5.41) is 2.80. The van der Waals surface area contributed by atoms with E-state index in [4.69, 9.17) is 0 Å². The third-order valence-electron chi connectivity index (χ3n) is 5.87. The Morgan fingerprint density at radius 3 is 2.05 bits per heavy atom. The van der Waals surface area contributed by atoms with Gasteiger partial charge in [0.15, 0.2) is 0 Å². The Kier molecular flexibility index (Phi) is 9.67. The molecule has 0 aliphatic heterocycles. The van der Waals surface area contributed by atoms with Gasteiger partial charge in [-0.25, -0.2) is 12.8 Å². The number of sulfonamides is 1. The van der Waals surface area contributed by atoms with Crippen LogP contribution in [0.5, 0.6) is 0 Å². The van der Waals surface area contributed by atoms with Crippen LogP contribution in [0.2, 0.25) is 0 Å². The summed E-state index contributed by atoms with van der Waals surface area (Å²) in [6, 6.07) is 17.5. The molecule has 0 saturated heterocycles. The van der Waals surface area contributed by atoms with Crippen molar-refractivity contribution in [2.24, 2.45) is 0 Å². The van der Waals surface area contributed by atoms with Gasteiger partial charge in [-0.2, -0.15) is 0 Å². The summed E-state index contributed by atoms with van der Waals surface area (Å²) in [4.78, 5) is 28.0. The molecule has 3 aromatic rings. The molecule has 38 heavy (non-hydrogen) atoms. The molecule has 10 heteroatoms.